The van der Waals surface area contributed by atoms with Crippen molar-refractivity contribution in [3.8, 4) is 5.75 Å². The number of halogens is 3. The first kappa shape index (κ1) is 15.3. The topological polar surface area (TPSA) is 75.3 Å². The number of hydrogen-bond donors (Lipinski definition) is 3. The Balaban J connectivity index is 2.38. The maximum absolute atomic E-state index is 11.9. The smallest absolute Gasteiger partial charge is 0.390 e. The van der Waals surface area contributed by atoms with E-state index >= 15 is 0 Å². The van der Waals surface area contributed by atoms with E-state index in [9.17, 15) is 18.0 Å². The maximum Gasteiger partial charge on any atom is 0.390 e. The van der Waals surface area contributed by atoms with Crippen LogP contribution in [0.2, 0.25) is 0 Å². The Labute approximate surface area is 108 Å². The molecule has 0 aliphatic rings. The number of nitrogens with two attached hydrogens (primary N) is 1. The lowest BCUT2D eigenvalue weighted by Crippen LogP contribution is -2.43. The van der Waals surface area contributed by atoms with Crippen molar-refractivity contribution in [2.75, 3.05) is 6.54 Å². The fraction of sp³-hybridized carbons (Fsp3) is 0.417. The second-order valence-electron chi connectivity index (χ2n) is 4.13. The minimum absolute atomic E-state index is 0.0898. The maximum atomic E-state index is 11.9. The number of nitrogens with one attached hydrogen (secondary N) is 1. The van der Waals surface area contributed by atoms with Crippen molar-refractivity contribution in [3.63, 3.8) is 0 Å². The van der Waals surface area contributed by atoms with Crippen LogP contribution in [0.5, 0.6) is 5.75 Å². The normalized spacial score (nSPS) is 13.1. The summed E-state index contributed by atoms with van der Waals surface area (Å²) in [6.45, 7) is -0.481. The zero-order valence-electron chi connectivity index (χ0n) is 10.1. The first-order chi connectivity index (χ1) is 8.78. The number of hydrogen-bond acceptors (Lipinski definition) is 3. The van der Waals surface area contributed by atoms with Gasteiger partial charge >= 0.3 is 6.18 Å². The van der Waals surface area contributed by atoms with Crippen LogP contribution in [0.3, 0.4) is 0 Å². The Morgan fingerprint density at radius 2 is 1.89 bits per heavy atom. The van der Waals surface area contributed by atoms with E-state index in [0.29, 0.717) is 0 Å². The summed E-state index contributed by atoms with van der Waals surface area (Å²) in [5.74, 6) is -0.538. The minimum Gasteiger partial charge on any atom is -0.508 e. The van der Waals surface area contributed by atoms with Gasteiger partial charge < -0.3 is 16.2 Å². The summed E-state index contributed by atoms with van der Waals surface area (Å²) in [7, 11) is 0. The highest BCUT2D eigenvalue weighted by atomic mass is 19.4. The highest BCUT2D eigenvalue weighted by molar-refractivity contribution is 5.81. The summed E-state index contributed by atoms with van der Waals surface area (Å²) in [6, 6.07) is 5.17. The second kappa shape index (κ2) is 6.42. The van der Waals surface area contributed by atoms with Crippen molar-refractivity contribution >= 4 is 5.91 Å². The zero-order chi connectivity index (χ0) is 14.5. The first-order valence-corrected chi connectivity index (χ1v) is 5.66. The lowest BCUT2D eigenvalue weighted by atomic mass is 10.1. The minimum atomic E-state index is -4.30. The molecule has 0 fully saturated rings. The largest absolute Gasteiger partial charge is 0.508 e. The molecular weight excluding hydrogens is 261 g/mol. The fourth-order valence-corrected chi connectivity index (χ4v) is 1.44. The lowest BCUT2D eigenvalue weighted by molar-refractivity contribution is -0.135. The predicted molar refractivity (Wildman–Crippen MR) is 63.5 cm³/mol. The molecule has 1 rings (SSSR count). The van der Waals surface area contributed by atoms with Crippen molar-refractivity contribution < 1.29 is 23.1 Å². The summed E-state index contributed by atoms with van der Waals surface area (Å²) < 4.78 is 35.7. The molecule has 4 nitrogen and oxygen atoms in total. The van der Waals surface area contributed by atoms with Crippen molar-refractivity contribution in [2.45, 2.75) is 25.1 Å². The fourth-order valence-electron chi connectivity index (χ4n) is 1.44. The monoisotopic (exact) mass is 276 g/mol. The molecule has 1 atom stereocenters. The molecule has 0 unspecified atom stereocenters. The van der Waals surface area contributed by atoms with Gasteiger partial charge in [-0.15, -0.1) is 0 Å². The molecule has 0 heterocycles. The van der Waals surface area contributed by atoms with E-state index in [4.69, 9.17) is 10.8 Å². The van der Waals surface area contributed by atoms with Gasteiger partial charge in [0.2, 0.25) is 5.91 Å². The molecule has 0 spiro atoms. The van der Waals surface area contributed by atoms with Crippen molar-refractivity contribution in [2.24, 2.45) is 5.73 Å². The van der Waals surface area contributed by atoms with Crippen LogP contribution in [-0.4, -0.2) is 29.8 Å². The predicted octanol–water partition coefficient (Wildman–Crippen LogP) is 1.33. The van der Waals surface area contributed by atoms with Crippen molar-refractivity contribution in [1.82, 2.24) is 5.32 Å². The third-order valence-electron chi connectivity index (χ3n) is 2.44. The molecule has 0 saturated heterocycles. The van der Waals surface area contributed by atoms with Gasteiger partial charge in [0.15, 0.2) is 0 Å². The molecule has 4 N–H and O–H groups in total. The van der Waals surface area contributed by atoms with E-state index in [1.165, 1.54) is 12.1 Å². The summed E-state index contributed by atoms with van der Waals surface area (Å²) in [5.41, 5.74) is 6.30. The van der Waals surface area contributed by atoms with Crippen molar-refractivity contribution in [3.05, 3.63) is 29.8 Å². The highest BCUT2D eigenvalue weighted by Crippen LogP contribution is 2.18. The van der Waals surface area contributed by atoms with E-state index < -0.39 is 31.1 Å². The molecule has 1 aromatic rings. The van der Waals surface area contributed by atoms with E-state index in [0.717, 1.165) is 5.56 Å². The third-order valence-corrected chi connectivity index (χ3v) is 2.44. The number of amides is 1. The van der Waals surface area contributed by atoms with Gasteiger partial charge in [0.25, 0.3) is 0 Å². The number of phenols is 1. The summed E-state index contributed by atoms with van der Waals surface area (Å²) in [6.07, 6.45) is -5.18. The standard InChI is InChI=1S/C12H15F3N2O2/c13-12(14,15)5-6-17-11(19)10(16)7-8-1-3-9(18)4-2-8/h1-4,10,18H,5-7,16H2,(H,17,19)/t10-/m1/s1. The molecular formula is C12H15F3N2O2. The van der Waals surface area contributed by atoms with Gasteiger partial charge in [-0.05, 0) is 24.1 Å². The van der Waals surface area contributed by atoms with E-state index in [1.54, 1.807) is 12.1 Å². The Hall–Kier alpha value is -1.76. The first-order valence-electron chi connectivity index (χ1n) is 5.66. The molecule has 0 bridgehead atoms. The Morgan fingerprint density at radius 3 is 2.42 bits per heavy atom. The van der Waals surface area contributed by atoms with Gasteiger partial charge in [-0.1, -0.05) is 12.1 Å². The molecule has 0 aromatic heterocycles. The van der Waals surface area contributed by atoms with Gasteiger partial charge in [-0.25, -0.2) is 0 Å². The molecule has 1 aromatic carbocycles. The van der Waals surface area contributed by atoms with Crippen LogP contribution in [-0.2, 0) is 11.2 Å². The van der Waals surface area contributed by atoms with E-state index in [1.807, 2.05) is 0 Å². The molecule has 0 aliphatic heterocycles. The van der Waals surface area contributed by atoms with Gasteiger partial charge in [-0.3, -0.25) is 4.79 Å². The van der Waals surface area contributed by atoms with Gasteiger partial charge in [0.05, 0.1) is 12.5 Å². The van der Waals surface area contributed by atoms with Crippen LogP contribution in [0.15, 0.2) is 24.3 Å². The van der Waals surface area contributed by atoms with Gasteiger partial charge in [-0.2, -0.15) is 13.2 Å². The molecule has 0 aliphatic carbocycles. The van der Waals surface area contributed by atoms with Crippen LogP contribution in [0, 0.1) is 0 Å². The molecule has 106 valence electrons. The Kier molecular flexibility index (Phi) is 5.17. The Morgan fingerprint density at radius 1 is 1.32 bits per heavy atom. The average molecular weight is 276 g/mol. The molecule has 19 heavy (non-hydrogen) atoms. The molecule has 7 heteroatoms. The number of carbonyl (C=O) groups excluding carboxylic acids is 1. The van der Waals surface area contributed by atoms with Crippen LogP contribution >= 0.6 is 0 Å². The van der Waals surface area contributed by atoms with Crippen LogP contribution in [0.1, 0.15) is 12.0 Å². The van der Waals surface area contributed by atoms with E-state index in [2.05, 4.69) is 5.32 Å². The highest BCUT2D eigenvalue weighted by Gasteiger charge is 2.27. The van der Waals surface area contributed by atoms with Crippen molar-refractivity contribution in [1.29, 1.82) is 0 Å². The molecule has 0 radical (unpaired) electrons. The number of aromatic hydroxyl groups is 1. The Bertz CT molecular complexity index is 418. The number of phenolic OH excluding ortho intramolecular Hbond substituents is 1. The third kappa shape index (κ3) is 6.10. The quantitative estimate of drug-likeness (QED) is 0.759. The number of alkyl halides is 3. The number of benzene rings is 1. The average Bonchev–Trinajstić information content (AvgIpc) is 2.30. The SMILES string of the molecule is N[C@H](Cc1ccc(O)cc1)C(=O)NCCC(F)(F)F. The number of rotatable bonds is 5. The number of carbonyl (C=O) groups is 1. The summed E-state index contributed by atoms with van der Waals surface area (Å²) >= 11 is 0. The van der Waals surface area contributed by atoms with Crippen LogP contribution < -0.4 is 11.1 Å². The van der Waals surface area contributed by atoms with E-state index in [-0.39, 0.29) is 12.2 Å². The van der Waals surface area contributed by atoms with Crippen LogP contribution in [0.25, 0.3) is 0 Å². The molecule has 0 saturated carbocycles. The summed E-state index contributed by atoms with van der Waals surface area (Å²) in [5, 5.41) is 11.2. The zero-order valence-corrected chi connectivity index (χ0v) is 10.1. The van der Waals surface area contributed by atoms with Gasteiger partial charge in [0.1, 0.15) is 5.75 Å². The van der Waals surface area contributed by atoms with Crippen LogP contribution in [0.4, 0.5) is 13.2 Å². The summed E-state index contributed by atoms with van der Waals surface area (Å²) in [4.78, 5) is 11.4. The lowest BCUT2D eigenvalue weighted by Gasteiger charge is -2.13. The van der Waals surface area contributed by atoms with Gasteiger partial charge in [0, 0.05) is 6.54 Å². The second-order valence-corrected chi connectivity index (χ2v) is 4.13. The molecule has 1 amide bonds.